The van der Waals surface area contributed by atoms with Crippen molar-refractivity contribution in [2.24, 2.45) is 5.92 Å². The highest BCUT2D eigenvalue weighted by Gasteiger charge is 2.36. The first-order valence-electron chi connectivity index (χ1n) is 8.23. The first kappa shape index (κ1) is 16.2. The number of nitrogens with zero attached hydrogens (tertiary/aromatic N) is 2. The van der Waals surface area contributed by atoms with Crippen LogP contribution in [-0.2, 0) is 13.1 Å². The zero-order valence-corrected chi connectivity index (χ0v) is 15.1. The number of hydrogen-bond acceptors (Lipinski definition) is 2. The van der Waals surface area contributed by atoms with Gasteiger partial charge in [-0.15, -0.1) is 0 Å². The summed E-state index contributed by atoms with van der Waals surface area (Å²) >= 11 is 3.56. The number of hydrogen-bond donors (Lipinski definition) is 1. The molecule has 1 aliphatic heterocycles. The lowest BCUT2D eigenvalue weighted by atomic mass is 9.93. The molecule has 0 bridgehead atoms. The molecule has 2 atom stereocenters. The van der Waals surface area contributed by atoms with Crippen LogP contribution in [0.3, 0.4) is 0 Å². The van der Waals surface area contributed by atoms with Crippen LogP contribution in [0.2, 0.25) is 0 Å². The molecule has 3 heterocycles. The molecular formula is C20H18BrN2O2+. The summed E-state index contributed by atoms with van der Waals surface area (Å²) in [7, 11) is 0. The quantitative estimate of drug-likeness (QED) is 0.687. The van der Waals surface area contributed by atoms with Crippen LogP contribution < -0.4 is 4.57 Å². The van der Waals surface area contributed by atoms with Crippen LogP contribution in [0.25, 0.3) is 0 Å². The van der Waals surface area contributed by atoms with Crippen molar-refractivity contribution in [3.63, 3.8) is 0 Å². The van der Waals surface area contributed by atoms with Gasteiger partial charge in [-0.1, -0.05) is 34.1 Å². The minimum atomic E-state index is -0.787. The molecule has 3 aromatic rings. The number of benzene rings is 1. The molecule has 0 amide bonds. The lowest BCUT2D eigenvalue weighted by Crippen LogP contribution is -2.33. The first-order valence-corrected chi connectivity index (χ1v) is 9.02. The highest BCUT2D eigenvalue weighted by atomic mass is 79.9. The van der Waals surface area contributed by atoms with Gasteiger partial charge >= 0.3 is 0 Å². The second-order valence-electron chi connectivity index (χ2n) is 6.36. The molecule has 1 N–H and O–H groups in total. The largest absolute Gasteiger partial charge is 0.388 e. The fourth-order valence-corrected chi connectivity index (χ4v) is 3.76. The van der Waals surface area contributed by atoms with Crippen LogP contribution in [0, 0.1) is 5.92 Å². The number of ketones is 1. The normalized spacial score (nSPS) is 17.5. The highest BCUT2D eigenvalue weighted by molar-refractivity contribution is 9.10. The summed E-state index contributed by atoms with van der Waals surface area (Å²) in [6.07, 6.45) is 4.98. The van der Waals surface area contributed by atoms with E-state index < -0.39 is 12.0 Å². The summed E-state index contributed by atoms with van der Waals surface area (Å²) in [4.78, 5) is 12.4. The molecule has 0 aliphatic carbocycles. The summed E-state index contributed by atoms with van der Waals surface area (Å²) in [5.41, 5.74) is 2.64. The van der Waals surface area contributed by atoms with Crippen LogP contribution in [0.5, 0.6) is 0 Å². The number of halogens is 1. The number of fused-ring (bicyclic) bond motifs is 1. The third-order valence-corrected chi connectivity index (χ3v) is 5.54. The fraction of sp³-hybridized carbons (Fsp3) is 0.200. The number of carbonyl (C=O) groups is 1. The Hall–Kier alpha value is -2.24. The van der Waals surface area contributed by atoms with Gasteiger partial charge in [-0.05, 0) is 23.8 Å². The van der Waals surface area contributed by atoms with Gasteiger partial charge in [-0.25, -0.2) is 4.57 Å². The molecule has 1 aliphatic rings. The van der Waals surface area contributed by atoms with Crippen molar-refractivity contribution < 1.29 is 14.5 Å². The van der Waals surface area contributed by atoms with Gasteiger partial charge in [0, 0.05) is 34.9 Å². The van der Waals surface area contributed by atoms with Crippen molar-refractivity contribution in [3.05, 3.63) is 88.4 Å². The predicted molar refractivity (Wildman–Crippen MR) is 97.1 cm³/mol. The van der Waals surface area contributed by atoms with Gasteiger partial charge in [-0.3, -0.25) is 4.79 Å². The van der Waals surface area contributed by atoms with E-state index in [0.29, 0.717) is 12.2 Å². The number of pyridine rings is 1. The van der Waals surface area contributed by atoms with Crippen molar-refractivity contribution in [1.82, 2.24) is 4.57 Å². The molecule has 0 radical (unpaired) electrons. The molecule has 4 nitrogen and oxygen atoms in total. The molecule has 2 aromatic heterocycles. The van der Waals surface area contributed by atoms with E-state index in [-0.39, 0.29) is 5.78 Å². The maximum Gasteiger partial charge on any atom is 0.187 e. The standard InChI is InChI=1S/C20H18BrN2O2/c21-17-5-2-1-4-15(17)12-22-10-7-14(8-11-22)19(24)16-13-23-9-3-6-18(23)20(16)25/h1-11,16,19,24H,12-13H2/q+1. The summed E-state index contributed by atoms with van der Waals surface area (Å²) < 4.78 is 5.04. The monoisotopic (exact) mass is 397 g/mol. The van der Waals surface area contributed by atoms with Crippen LogP contribution in [0.4, 0.5) is 0 Å². The van der Waals surface area contributed by atoms with E-state index in [0.717, 1.165) is 16.6 Å². The predicted octanol–water partition coefficient (Wildman–Crippen LogP) is 3.13. The zero-order valence-electron chi connectivity index (χ0n) is 13.5. The highest BCUT2D eigenvalue weighted by Crippen LogP contribution is 2.31. The summed E-state index contributed by atoms with van der Waals surface area (Å²) in [6, 6.07) is 15.6. The molecule has 5 heteroatoms. The number of aromatic nitrogens is 2. The maximum atomic E-state index is 12.4. The average Bonchev–Trinajstić information content (AvgIpc) is 3.20. The second-order valence-corrected chi connectivity index (χ2v) is 7.21. The molecule has 25 heavy (non-hydrogen) atoms. The zero-order chi connectivity index (χ0) is 17.4. The van der Waals surface area contributed by atoms with E-state index in [1.165, 1.54) is 5.56 Å². The third kappa shape index (κ3) is 3.05. The van der Waals surface area contributed by atoms with Gasteiger partial charge in [0.2, 0.25) is 0 Å². The van der Waals surface area contributed by atoms with Crippen LogP contribution in [0.1, 0.15) is 27.7 Å². The Morgan fingerprint density at radius 3 is 2.64 bits per heavy atom. The number of Topliss-reactive ketones (excluding diaryl/α,β-unsaturated/α-hetero) is 1. The molecule has 0 saturated carbocycles. The number of rotatable bonds is 4. The van der Waals surface area contributed by atoms with Crippen molar-refractivity contribution in [3.8, 4) is 0 Å². The van der Waals surface area contributed by atoms with Crippen LogP contribution in [-0.4, -0.2) is 15.5 Å². The van der Waals surface area contributed by atoms with E-state index in [9.17, 15) is 9.90 Å². The Labute approximate surface area is 154 Å². The minimum Gasteiger partial charge on any atom is -0.388 e. The van der Waals surface area contributed by atoms with Crippen LogP contribution >= 0.6 is 15.9 Å². The Kier molecular flexibility index (Phi) is 4.27. The smallest absolute Gasteiger partial charge is 0.187 e. The molecular weight excluding hydrogens is 380 g/mol. The van der Waals surface area contributed by atoms with E-state index >= 15 is 0 Å². The Bertz CT molecular complexity index is 917. The van der Waals surface area contributed by atoms with Crippen molar-refractivity contribution in [2.75, 3.05) is 0 Å². The third-order valence-electron chi connectivity index (χ3n) is 4.76. The van der Waals surface area contributed by atoms with Crippen molar-refractivity contribution in [1.29, 1.82) is 0 Å². The molecule has 2 unspecified atom stereocenters. The number of carbonyl (C=O) groups excluding carboxylic acids is 1. The molecule has 0 saturated heterocycles. The lowest BCUT2D eigenvalue weighted by molar-refractivity contribution is -0.688. The Morgan fingerprint density at radius 2 is 1.92 bits per heavy atom. The van der Waals surface area contributed by atoms with Gasteiger partial charge in [0.05, 0.1) is 17.7 Å². The lowest BCUT2D eigenvalue weighted by Gasteiger charge is -2.16. The molecule has 0 fully saturated rings. The summed E-state index contributed by atoms with van der Waals surface area (Å²) in [5, 5.41) is 10.7. The van der Waals surface area contributed by atoms with Crippen molar-refractivity contribution in [2.45, 2.75) is 19.2 Å². The molecule has 0 spiro atoms. The van der Waals surface area contributed by atoms with Gasteiger partial charge in [0.25, 0.3) is 0 Å². The fourth-order valence-electron chi connectivity index (χ4n) is 3.35. The van der Waals surface area contributed by atoms with Gasteiger partial charge in [-0.2, -0.15) is 0 Å². The van der Waals surface area contributed by atoms with Crippen LogP contribution in [0.15, 0.2) is 71.6 Å². The van der Waals surface area contributed by atoms with Crippen molar-refractivity contribution >= 4 is 21.7 Å². The summed E-state index contributed by atoms with van der Waals surface area (Å²) in [5.74, 6) is -0.391. The Balaban J connectivity index is 1.50. The Morgan fingerprint density at radius 1 is 1.16 bits per heavy atom. The maximum absolute atomic E-state index is 12.4. The number of aliphatic hydroxyl groups excluding tert-OH is 1. The minimum absolute atomic E-state index is 0.0162. The topological polar surface area (TPSA) is 46.1 Å². The SMILES string of the molecule is O=C1c2cccn2CC1C(O)c1cc[n+](Cc2ccccc2Br)cc1. The second kappa shape index (κ2) is 6.58. The molecule has 4 rings (SSSR count). The first-order chi connectivity index (χ1) is 12.1. The van der Waals surface area contributed by atoms with E-state index in [2.05, 4.69) is 26.6 Å². The average molecular weight is 398 g/mol. The van der Waals surface area contributed by atoms with E-state index in [4.69, 9.17) is 0 Å². The van der Waals surface area contributed by atoms with E-state index in [1.54, 1.807) is 0 Å². The van der Waals surface area contributed by atoms with Gasteiger partial charge < -0.3 is 9.67 Å². The summed E-state index contributed by atoms with van der Waals surface area (Å²) in [6.45, 7) is 1.28. The van der Waals surface area contributed by atoms with Gasteiger partial charge in [0.15, 0.2) is 24.7 Å². The molecule has 126 valence electrons. The number of aliphatic hydroxyl groups is 1. The van der Waals surface area contributed by atoms with E-state index in [1.807, 2.05) is 65.6 Å². The van der Waals surface area contributed by atoms with Gasteiger partial charge in [0.1, 0.15) is 0 Å². The molecule has 1 aromatic carbocycles.